The Labute approximate surface area is 152 Å². The summed E-state index contributed by atoms with van der Waals surface area (Å²) in [4.78, 5) is 40.3. The highest BCUT2D eigenvalue weighted by Gasteiger charge is 2.52. The van der Waals surface area contributed by atoms with Crippen LogP contribution in [0.3, 0.4) is 0 Å². The third-order valence-corrected chi connectivity index (χ3v) is 5.70. The first-order valence-corrected chi connectivity index (χ1v) is 9.25. The quantitative estimate of drug-likeness (QED) is 0.847. The number of hydrogen-bond acceptors (Lipinski definition) is 3. The Bertz CT molecular complexity index is 766. The molecule has 1 aromatic rings. The van der Waals surface area contributed by atoms with Gasteiger partial charge in [0.25, 0.3) is 5.91 Å². The van der Waals surface area contributed by atoms with Crippen LogP contribution >= 0.6 is 0 Å². The van der Waals surface area contributed by atoms with Crippen LogP contribution in [0, 0.1) is 0 Å². The molecule has 2 heterocycles. The second-order valence-electron chi connectivity index (χ2n) is 7.30. The molecule has 26 heavy (non-hydrogen) atoms. The maximum absolute atomic E-state index is 12.7. The first kappa shape index (κ1) is 16.8. The number of nitrogens with zero attached hydrogens (tertiary/aromatic N) is 2. The zero-order valence-corrected chi connectivity index (χ0v) is 14.7. The number of carbonyl (C=O) groups excluding carboxylic acids is 3. The van der Waals surface area contributed by atoms with Gasteiger partial charge in [-0.05, 0) is 30.4 Å². The van der Waals surface area contributed by atoms with Crippen molar-refractivity contribution in [1.82, 2.24) is 15.1 Å². The third-order valence-electron chi connectivity index (χ3n) is 5.70. The van der Waals surface area contributed by atoms with E-state index in [0.717, 1.165) is 24.2 Å². The molecule has 1 aromatic carbocycles. The Morgan fingerprint density at radius 2 is 1.85 bits per heavy atom. The van der Waals surface area contributed by atoms with Crippen LogP contribution in [0.1, 0.15) is 37.7 Å². The molecule has 4 rings (SSSR count). The summed E-state index contributed by atoms with van der Waals surface area (Å²) in [6, 6.07) is 9.70. The minimum Gasteiger partial charge on any atom is -0.337 e. The topological polar surface area (TPSA) is 69.7 Å². The fourth-order valence-corrected chi connectivity index (χ4v) is 4.18. The second kappa shape index (κ2) is 6.59. The smallest absolute Gasteiger partial charge is 0.325 e. The highest BCUT2D eigenvalue weighted by atomic mass is 16.2. The summed E-state index contributed by atoms with van der Waals surface area (Å²) in [6.07, 6.45) is 6.06. The van der Waals surface area contributed by atoms with Crippen molar-refractivity contribution in [3.05, 3.63) is 42.0 Å². The zero-order valence-electron chi connectivity index (χ0n) is 14.7. The summed E-state index contributed by atoms with van der Waals surface area (Å²) in [5.74, 6) is -0.405. The van der Waals surface area contributed by atoms with E-state index in [1.54, 1.807) is 4.90 Å². The second-order valence-corrected chi connectivity index (χ2v) is 7.30. The summed E-state index contributed by atoms with van der Waals surface area (Å²) >= 11 is 0. The number of urea groups is 1. The summed E-state index contributed by atoms with van der Waals surface area (Å²) in [6.45, 7) is 0.952. The Morgan fingerprint density at radius 1 is 1.12 bits per heavy atom. The molecule has 0 aromatic heterocycles. The lowest BCUT2D eigenvalue weighted by Crippen LogP contribution is -2.46. The maximum Gasteiger partial charge on any atom is 0.325 e. The molecule has 0 bridgehead atoms. The van der Waals surface area contributed by atoms with Gasteiger partial charge in [0.2, 0.25) is 5.91 Å². The predicted octanol–water partition coefficient (Wildman–Crippen LogP) is 2.17. The number of carbonyl (C=O) groups is 3. The number of rotatable bonds is 3. The van der Waals surface area contributed by atoms with Crippen LogP contribution in [0.25, 0.3) is 5.57 Å². The van der Waals surface area contributed by atoms with Crippen LogP contribution in [0.5, 0.6) is 0 Å². The molecule has 1 N–H and O–H groups in total. The van der Waals surface area contributed by atoms with Gasteiger partial charge < -0.3 is 10.2 Å². The monoisotopic (exact) mass is 353 g/mol. The van der Waals surface area contributed by atoms with Crippen LogP contribution in [0.15, 0.2) is 36.4 Å². The molecule has 0 unspecified atom stereocenters. The van der Waals surface area contributed by atoms with E-state index in [-0.39, 0.29) is 18.4 Å². The molecule has 1 spiro atoms. The SMILES string of the molecule is O=C(CN1C(=O)NC2(CCCC2)C1=O)N1CC=C(c2ccccc2)CC1. The van der Waals surface area contributed by atoms with Crippen molar-refractivity contribution in [3.63, 3.8) is 0 Å². The van der Waals surface area contributed by atoms with Crippen molar-refractivity contribution < 1.29 is 14.4 Å². The van der Waals surface area contributed by atoms with Crippen LogP contribution in [-0.2, 0) is 9.59 Å². The van der Waals surface area contributed by atoms with Gasteiger partial charge in [0, 0.05) is 13.1 Å². The lowest BCUT2D eigenvalue weighted by molar-refractivity contribution is -0.138. The predicted molar refractivity (Wildman–Crippen MR) is 97.1 cm³/mol. The number of benzene rings is 1. The molecular formula is C20H23N3O3. The molecule has 0 radical (unpaired) electrons. The molecular weight excluding hydrogens is 330 g/mol. The van der Waals surface area contributed by atoms with Crippen LogP contribution < -0.4 is 5.32 Å². The van der Waals surface area contributed by atoms with E-state index in [1.807, 2.05) is 18.2 Å². The summed E-state index contributed by atoms with van der Waals surface area (Å²) in [5.41, 5.74) is 1.66. The van der Waals surface area contributed by atoms with Gasteiger partial charge in [-0.25, -0.2) is 4.79 Å². The molecule has 6 nitrogen and oxygen atoms in total. The van der Waals surface area contributed by atoms with Gasteiger partial charge >= 0.3 is 6.03 Å². The summed E-state index contributed by atoms with van der Waals surface area (Å²) in [7, 11) is 0. The Hall–Kier alpha value is -2.63. The molecule has 1 saturated heterocycles. The number of hydrogen-bond donors (Lipinski definition) is 1. The molecule has 136 valence electrons. The van der Waals surface area contributed by atoms with E-state index in [4.69, 9.17) is 0 Å². The van der Waals surface area contributed by atoms with Crippen molar-refractivity contribution in [3.8, 4) is 0 Å². The third kappa shape index (κ3) is 2.89. The number of imide groups is 1. The minimum atomic E-state index is -0.750. The van der Waals surface area contributed by atoms with Crippen molar-refractivity contribution in [2.45, 2.75) is 37.6 Å². The zero-order chi connectivity index (χ0) is 18.1. The fraction of sp³-hybridized carbons (Fsp3) is 0.450. The molecule has 3 aliphatic rings. The van der Waals surface area contributed by atoms with Gasteiger partial charge in [0.15, 0.2) is 0 Å². The van der Waals surface area contributed by atoms with E-state index in [0.29, 0.717) is 25.9 Å². The van der Waals surface area contributed by atoms with E-state index < -0.39 is 11.6 Å². The van der Waals surface area contributed by atoms with Crippen LogP contribution in [0.4, 0.5) is 4.79 Å². The summed E-state index contributed by atoms with van der Waals surface area (Å²) in [5, 5.41) is 2.82. The summed E-state index contributed by atoms with van der Waals surface area (Å²) < 4.78 is 0. The normalized spacial score (nSPS) is 21.9. The van der Waals surface area contributed by atoms with Crippen molar-refractivity contribution >= 4 is 23.4 Å². The Balaban J connectivity index is 1.39. The lowest BCUT2D eigenvalue weighted by Gasteiger charge is -2.28. The van der Waals surface area contributed by atoms with Crippen LogP contribution in [0.2, 0.25) is 0 Å². The largest absolute Gasteiger partial charge is 0.337 e. The highest BCUT2D eigenvalue weighted by molar-refractivity contribution is 6.09. The average Bonchev–Trinajstić information content (AvgIpc) is 3.23. The van der Waals surface area contributed by atoms with Gasteiger partial charge in [0.05, 0.1) is 0 Å². The van der Waals surface area contributed by atoms with E-state index >= 15 is 0 Å². The van der Waals surface area contributed by atoms with Gasteiger partial charge in [-0.3, -0.25) is 14.5 Å². The lowest BCUT2D eigenvalue weighted by atomic mass is 9.98. The van der Waals surface area contributed by atoms with Crippen molar-refractivity contribution in [2.75, 3.05) is 19.6 Å². The molecule has 0 atom stereocenters. The minimum absolute atomic E-state index is 0.166. The molecule has 2 fully saturated rings. The van der Waals surface area contributed by atoms with Crippen molar-refractivity contribution in [1.29, 1.82) is 0 Å². The number of amides is 4. The number of nitrogens with one attached hydrogen (secondary N) is 1. The van der Waals surface area contributed by atoms with Gasteiger partial charge in [-0.2, -0.15) is 0 Å². The molecule has 6 heteroatoms. The first-order chi connectivity index (χ1) is 12.6. The maximum atomic E-state index is 12.7. The van der Waals surface area contributed by atoms with Gasteiger partial charge in [0.1, 0.15) is 12.1 Å². The highest BCUT2D eigenvalue weighted by Crippen LogP contribution is 2.35. The molecule has 1 aliphatic carbocycles. The molecule has 1 saturated carbocycles. The fourth-order valence-electron chi connectivity index (χ4n) is 4.18. The average molecular weight is 353 g/mol. The van der Waals surface area contributed by atoms with Crippen LogP contribution in [-0.4, -0.2) is 52.8 Å². The molecule has 4 amide bonds. The van der Waals surface area contributed by atoms with Gasteiger partial charge in [-0.1, -0.05) is 49.2 Å². The van der Waals surface area contributed by atoms with E-state index in [1.165, 1.54) is 11.1 Å². The first-order valence-electron chi connectivity index (χ1n) is 9.25. The van der Waals surface area contributed by atoms with E-state index in [9.17, 15) is 14.4 Å². The molecule has 2 aliphatic heterocycles. The van der Waals surface area contributed by atoms with E-state index in [2.05, 4.69) is 23.5 Å². The van der Waals surface area contributed by atoms with Crippen molar-refractivity contribution in [2.24, 2.45) is 0 Å². The standard InChI is InChI=1S/C20H23N3O3/c24-17(14-23-18(25)20(21-19(23)26)10-4-5-11-20)22-12-8-16(9-13-22)15-6-2-1-3-7-15/h1-3,6-8H,4-5,9-14H2,(H,21,26). The Morgan fingerprint density at radius 3 is 2.50 bits per heavy atom. The van der Waals surface area contributed by atoms with Gasteiger partial charge in [-0.15, -0.1) is 0 Å². The Kier molecular flexibility index (Phi) is 4.26.